The molecule has 3 rings (SSSR count). The van der Waals surface area contributed by atoms with Gasteiger partial charge >= 0.3 is 0 Å². The molecule has 2 aromatic carbocycles. The molecule has 3 aromatic rings. The van der Waals surface area contributed by atoms with Gasteiger partial charge in [0, 0.05) is 5.69 Å². The van der Waals surface area contributed by atoms with Crippen molar-refractivity contribution in [1.29, 1.82) is 0 Å². The minimum Gasteiger partial charge on any atom is -0.497 e. The molecule has 6 nitrogen and oxygen atoms in total. The molecule has 0 radical (unpaired) electrons. The SMILES string of the molecule is COc1ccc(CC(=O)N(CC(=O)Nc2ccccc2)Cc2ccco2)cc1. The summed E-state index contributed by atoms with van der Waals surface area (Å²) in [5.41, 5.74) is 1.53. The number of amides is 2. The average Bonchev–Trinajstić information content (AvgIpc) is 3.22. The summed E-state index contributed by atoms with van der Waals surface area (Å²) in [6.45, 7) is 0.161. The number of ether oxygens (including phenoxy) is 1. The lowest BCUT2D eigenvalue weighted by Crippen LogP contribution is -2.38. The lowest BCUT2D eigenvalue weighted by molar-refractivity contribution is -0.134. The van der Waals surface area contributed by atoms with Gasteiger partial charge in [-0.2, -0.15) is 0 Å². The van der Waals surface area contributed by atoms with Crippen molar-refractivity contribution < 1.29 is 18.7 Å². The first kappa shape index (κ1) is 19.2. The van der Waals surface area contributed by atoms with E-state index in [-0.39, 0.29) is 31.3 Å². The Labute approximate surface area is 163 Å². The lowest BCUT2D eigenvalue weighted by Gasteiger charge is -2.21. The summed E-state index contributed by atoms with van der Waals surface area (Å²) in [6, 6.07) is 20.0. The molecule has 1 aromatic heterocycles. The summed E-state index contributed by atoms with van der Waals surface area (Å²) in [4.78, 5) is 26.8. The zero-order valence-corrected chi connectivity index (χ0v) is 15.6. The molecule has 1 heterocycles. The van der Waals surface area contributed by atoms with E-state index < -0.39 is 0 Å². The third-order valence-electron chi connectivity index (χ3n) is 4.19. The number of benzene rings is 2. The Morgan fingerprint density at radius 2 is 1.75 bits per heavy atom. The zero-order chi connectivity index (χ0) is 19.8. The minimum atomic E-state index is -0.263. The van der Waals surface area contributed by atoms with Crippen LogP contribution in [0.2, 0.25) is 0 Å². The van der Waals surface area contributed by atoms with Crippen LogP contribution in [-0.4, -0.2) is 30.4 Å². The fourth-order valence-corrected chi connectivity index (χ4v) is 2.75. The number of nitrogens with zero attached hydrogens (tertiary/aromatic N) is 1. The Bertz CT molecular complexity index is 890. The van der Waals surface area contributed by atoms with Gasteiger partial charge in [-0.25, -0.2) is 0 Å². The predicted molar refractivity (Wildman–Crippen MR) is 106 cm³/mol. The molecule has 0 fully saturated rings. The van der Waals surface area contributed by atoms with Crippen LogP contribution in [-0.2, 0) is 22.6 Å². The van der Waals surface area contributed by atoms with E-state index in [2.05, 4.69) is 5.32 Å². The average molecular weight is 378 g/mol. The van der Waals surface area contributed by atoms with Crippen molar-refractivity contribution in [3.63, 3.8) is 0 Å². The van der Waals surface area contributed by atoms with Gasteiger partial charge in [0.1, 0.15) is 18.1 Å². The Balaban J connectivity index is 1.68. The second-order valence-electron chi connectivity index (χ2n) is 6.27. The van der Waals surface area contributed by atoms with Crippen molar-refractivity contribution in [2.45, 2.75) is 13.0 Å². The molecule has 0 spiro atoms. The van der Waals surface area contributed by atoms with Crippen LogP contribution in [0.15, 0.2) is 77.4 Å². The maximum Gasteiger partial charge on any atom is 0.244 e. The molecule has 2 amide bonds. The highest BCUT2D eigenvalue weighted by molar-refractivity contribution is 5.94. The molecule has 0 saturated carbocycles. The van der Waals surface area contributed by atoms with Crippen LogP contribution in [0.5, 0.6) is 5.75 Å². The van der Waals surface area contributed by atoms with E-state index in [0.717, 1.165) is 11.3 Å². The molecule has 144 valence electrons. The van der Waals surface area contributed by atoms with Gasteiger partial charge in [-0.1, -0.05) is 30.3 Å². The van der Waals surface area contributed by atoms with Crippen molar-refractivity contribution in [3.05, 3.63) is 84.3 Å². The largest absolute Gasteiger partial charge is 0.497 e. The normalized spacial score (nSPS) is 10.3. The highest BCUT2D eigenvalue weighted by atomic mass is 16.5. The fourth-order valence-electron chi connectivity index (χ4n) is 2.75. The molecule has 0 aliphatic rings. The smallest absolute Gasteiger partial charge is 0.244 e. The molecule has 0 aliphatic heterocycles. The molecule has 0 bridgehead atoms. The standard InChI is InChI=1S/C22H22N2O4/c1-27-19-11-9-17(10-12-19)14-22(26)24(15-20-8-5-13-28-20)16-21(25)23-18-6-3-2-4-7-18/h2-13H,14-16H2,1H3,(H,23,25). The van der Waals surface area contributed by atoms with Crippen LogP contribution in [0.1, 0.15) is 11.3 Å². The maximum absolute atomic E-state index is 12.9. The first-order chi connectivity index (χ1) is 13.6. The molecule has 0 atom stereocenters. The number of hydrogen-bond donors (Lipinski definition) is 1. The number of anilines is 1. The van der Waals surface area contributed by atoms with Gasteiger partial charge in [-0.15, -0.1) is 0 Å². The van der Waals surface area contributed by atoms with Crippen molar-refractivity contribution >= 4 is 17.5 Å². The van der Waals surface area contributed by atoms with Gasteiger partial charge in [-0.05, 0) is 42.0 Å². The van der Waals surface area contributed by atoms with E-state index in [4.69, 9.17) is 9.15 Å². The summed E-state index contributed by atoms with van der Waals surface area (Å²) < 4.78 is 10.5. The van der Waals surface area contributed by atoms with Gasteiger partial charge in [0.25, 0.3) is 0 Å². The van der Waals surface area contributed by atoms with E-state index in [1.807, 2.05) is 42.5 Å². The number of methoxy groups -OCH3 is 1. The summed E-state index contributed by atoms with van der Waals surface area (Å²) in [6.07, 6.45) is 1.73. The Hall–Kier alpha value is -3.54. The molecule has 0 unspecified atom stereocenters. The molecule has 0 saturated heterocycles. The van der Waals surface area contributed by atoms with E-state index in [9.17, 15) is 9.59 Å². The topological polar surface area (TPSA) is 71.8 Å². The number of carbonyl (C=O) groups excluding carboxylic acids is 2. The third kappa shape index (κ3) is 5.48. The minimum absolute atomic E-state index is 0.0649. The summed E-state index contributed by atoms with van der Waals surface area (Å²) in [5, 5.41) is 2.81. The highest BCUT2D eigenvalue weighted by Crippen LogP contribution is 2.14. The van der Waals surface area contributed by atoms with Crippen LogP contribution >= 0.6 is 0 Å². The van der Waals surface area contributed by atoms with Crippen LogP contribution < -0.4 is 10.1 Å². The third-order valence-corrected chi connectivity index (χ3v) is 4.19. The van der Waals surface area contributed by atoms with Crippen LogP contribution in [0.4, 0.5) is 5.69 Å². The Morgan fingerprint density at radius 3 is 2.39 bits per heavy atom. The molecular weight excluding hydrogens is 356 g/mol. The number of para-hydroxylation sites is 1. The first-order valence-electron chi connectivity index (χ1n) is 8.92. The predicted octanol–water partition coefficient (Wildman–Crippen LogP) is 3.50. The monoisotopic (exact) mass is 378 g/mol. The van der Waals surface area contributed by atoms with Crippen molar-refractivity contribution in [1.82, 2.24) is 4.90 Å². The Morgan fingerprint density at radius 1 is 1.00 bits per heavy atom. The second kappa shape index (κ2) is 9.41. The number of nitrogens with one attached hydrogen (secondary N) is 1. The summed E-state index contributed by atoms with van der Waals surface area (Å²) >= 11 is 0. The van der Waals surface area contributed by atoms with E-state index >= 15 is 0 Å². The first-order valence-corrected chi connectivity index (χ1v) is 8.92. The van der Waals surface area contributed by atoms with Crippen molar-refractivity contribution in [3.8, 4) is 5.75 Å². The number of rotatable bonds is 8. The van der Waals surface area contributed by atoms with E-state index in [0.29, 0.717) is 11.4 Å². The van der Waals surface area contributed by atoms with Crippen LogP contribution in [0.3, 0.4) is 0 Å². The van der Waals surface area contributed by atoms with Crippen LogP contribution in [0, 0.1) is 0 Å². The van der Waals surface area contributed by atoms with E-state index in [1.54, 1.807) is 37.6 Å². The van der Waals surface area contributed by atoms with Crippen molar-refractivity contribution in [2.24, 2.45) is 0 Å². The van der Waals surface area contributed by atoms with Crippen LogP contribution in [0.25, 0.3) is 0 Å². The highest BCUT2D eigenvalue weighted by Gasteiger charge is 2.19. The van der Waals surface area contributed by atoms with Gasteiger partial charge in [0.2, 0.25) is 11.8 Å². The maximum atomic E-state index is 12.9. The summed E-state index contributed by atoms with van der Waals surface area (Å²) in [5.74, 6) is 0.923. The van der Waals surface area contributed by atoms with Crippen molar-refractivity contribution in [2.75, 3.05) is 19.0 Å². The number of furan rings is 1. The zero-order valence-electron chi connectivity index (χ0n) is 15.6. The second-order valence-corrected chi connectivity index (χ2v) is 6.27. The number of hydrogen-bond acceptors (Lipinski definition) is 4. The molecule has 1 N–H and O–H groups in total. The molecule has 6 heteroatoms. The Kier molecular flexibility index (Phi) is 6.46. The molecule has 0 aliphatic carbocycles. The lowest BCUT2D eigenvalue weighted by atomic mass is 10.1. The van der Waals surface area contributed by atoms with Gasteiger partial charge < -0.3 is 19.4 Å². The fraction of sp³-hybridized carbons (Fsp3) is 0.182. The number of carbonyl (C=O) groups is 2. The van der Waals surface area contributed by atoms with Gasteiger partial charge in [0.05, 0.1) is 26.3 Å². The molecular formula is C22H22N2O4. The van der Waals surface area contributed by atoms with Gasteiger partial charge in [0.15, 0.2) is 0 Å². The summed E-state index contributed by atoms with van der Waals surface area (Å²) in [7, 11) is 1.59. The molecule has 28 heavy (non-hydrogen) atoms. The quantitative estimate of drug-likeness (QED) is 0.651. The van der Waals surface area contributed by atoms with Gasteiger partial charge in [-0.3, -0.25) is 9.59 Å². The van der Waals surface area contributed by atoms with E-state index in [1.165, 1.54) is 4.90 Å².